The highest BCUT2D eigenvalue weighted by molar-refractivity contribution is 4.96. The molecule has 2 aromatic rings. The Morgan fingerprint density at radius 2 is 2.33 bits per heavy atom. The number of hydrogen-bond acceptors (Lipinski definition) is 4. The molecule has 3 rings (SSSR count). The molecule has 1 aliphatic rings. The van der Waals surface area contributed by atoms with Crippen molar-refractivity contribution >= 4 is 0 Å². The van der Waals surface area contributed by atoms with E-state index in [1.54, 1.807) is 6.20 Å². The van der Waals surface area contributed by atoms with Crippen molar-refractivity contribution < 1.29 is 4.52 Å². The van der Waals surface area contributed by atoms with Crippen LogP contribution in [0, 0.1) is 0 Å². The molecule has 1 fully saturated rings. The van der Waals surface area contributed by atoms with E-state index in [0.717, 1.165) is 25.4 Å². The van der Waals surface area contributed by atoms with Gasteiger partial charge in [-0.3, -0.25) is 9.58 Å². The Balaban J connectivity index is 1.54. The first-order chi connectivity index (χ1) is 7.42. The Labute approximate surface area is 87.3 Å². The molecule has 5 heteroatoms. The highest BCUT2D eigenvalue weighted by Crippen LogP contribution is 2.21. The van der Waals surface area contributed by atoms with E-state index < -0.39 is 0 Å². The minimum absolute atomic E-state index is 0.517. The van der Waals surface area contributed by atoms with Crippen molar-refractivity contribution in [2.45, 2.75) is 12.6 Å². The van der Waals surface area contributed by atoms with E-state index in [9.17, 15) is 0 Å². The Morgan fingerprint density at radius 1 is 1.40 bits per heavy atom. The third kappa shape index (κ3) is 1.66. The zero-order chi connectivity index (χ0) is 10.1. The van der Waals surface area contributed by atoms with Crippen LogP contribution in [0.1, 0.15) is 11.8 Å². The van der Waals surface area contributed by atoms with Gasteiger partial charge in [0, 0.05) is 31.5 Å². The quantitative estimate of drug-likeness (QED) is 0.746. The molecule has 2 aromatic heterocycles. The van der Waals surface area contributed by atoms with E-state index in [0.29, 0.717) is 6.04 Å². The van der Waals surface area contributed by atoms with Gasteiger partial charge in [-0.15, -0.1) is 0 Å². The number of likely N-dealkylation sites (tertiary alicyclic amines) is 1. The summed E-state index contributed by atoms with van der Waals surface area (Å²) in [6.07, 6.45) is 5.51. The van der Waals surface area contributed by atoms with Crippen LogP contribution in [-0.4, -0.2) is 32.9 Å². The summed E-state index contributed by atoms with van der Waals surface area (Å²) in [7, 11) is 0. The molecule has 0 atom stereocenters. The second kappa shape index (κ2) is 3.51. The van der Waals surface area contributed by atoms with E-state index in [1.165, 1.54) is 0 Å². The first kappa shape index (κ1) is 8.67. The first-order valence-corrected chi connectivity index (χ1v) is 5.03. The number of hydrogen-bond donors (Lipinski definition) is 0. The minimum Gasteiger partial charge on any atom is -0.360 e. The average molecular weight is 204 g/mol. The molecule has 0 amide bonds. The summed E-state index contributed by atoms with van der Waals surface area (Å²) in [4.78, 5) is 2.31. The maximum Gasteiger partial charge on any atom is 0.150 e. The van der Waals surface area contributed by atoms with E-state index in [2.05, 4.69) is 15.2 Å². The van der Waals surface area contributed by atoms with Gasteiger partial charge in [0.25, 0.3) is 0 Å². The Morgan fingerprint density at radius 3 is 3.00 bits per heavy atom. The third-order valence-electron chi connectivity index (χ3n) is 2.71. The summed E-state index contributed by atoms with van der Waals surface area (Å²) in [5.41, 5.74) is 0. The predicted octanol–water partition coefficient (Wildman–Crippen LogP) is 0.928. The molecule has 0 N–H and O–H groups in total. The molecule has 78 valence electrons. The molecule has 0 aliphatic carbocycles. The van der Waals surface area contributed by atoms with Gasteiger partial charge in [0.1, 0.15) is 0 Å². The first-order valence-electron chi connectivity index (χ1n) is 5.03. The molecule has 0 radical (unpaired) electrons. The average Bonchev–Trinajstić information content (AvgIpc) is 2.83. The fraction of sp³-hybridized carbons (Fsp3) is 0.400. The Hall–Kier alpha value is -1.62. The maximum absolute atomic E-state index is 5.05. The molecule has 0 bridgehead atoms. The molecule has 0 spiro atoms. The molecule has 15 heavy (non-hydrogen) atoms. The summed E-state index contributed by atoms with van der Waals surface area (Å²) < 4.78 is 7.06. The van der Waals surface area contributed by atoms with Gasteiger partial charge in [-0.1, -0.05) is 5.16 Å². The van der Waals surface area contributed by atoms with Crippen molar-refractivity contribution in [2.75, 3.05) is 13.1 Å². The summed E-state index contributed by atoms with van der Waals surface area (Å²) in [5.74, 6) is 0.925. The number of rotatable bonds is 3. The van der Waals surface area contributed by atoms with Crippen molar-refractivity contribution in [3.05, 3.63) is 36.5 Å². The van der Waals surface area contributed by atoms with E-state index in [1.807, 2.05) is 29.2 Å². The van der Waals surface area contributed by atoms with Crippen molar-refractivity contribution in [2.24, 2.45) is 0 Å². The molecule has 1 aliphatic heterocycles. The zero-order valence-electron chi connectivity index (χ0n) is 8.28. The summed E-state index contributed by atoms with van der Waals surface area (Å²) in [6, 6.07) is 4.38. The maximum atomic E-state index is 5.05. The van der Waals surface area contributed by atoms with Gasteiger partial charge >= 0.3 is 0 Å². The second-order valence-electron chi connectivity index (χ2n) is 3.81. The molecule has 3 heterocycles. The van der Waals surface area contributed by atoms with Crippen LogP contribution in [0.15, 0.2) is 35.2 Å². The van der Waals surface area contributed by atoms with Gasteiger partial charge in [0.15, 0.2) is 5.76 Å². The van der Waals surface area contributed by atoms with Crippen LogP contribution < -0.4 is 0 Å². The minimum atomic E-state index is 0.517. The SMILES string of the molecule is c1cnn(C2CN(Cc3ccno3)C2)c1. The smallest absolute Gasteiger partial charge is 0.150 e. The normalized spacial score (nSPS) is 17.9. The standard InChI is InChI=1S/C10H12N4O/c1-3-11-14(5-1)9-6-13(7-9)8-10-2-4-12-15-10/h1-5,9H,6-8H2. The zero-order valence-corrected chi connectivity index (χ0v) is 8.28. The van der Waals surface area contributed by atoms with Crippen LogP contribution in [0.4, 0.5) is 0 Å². The largest absolute Gasteiger partial charge is 0.360 e. The summed E-state index contributed by atoms with van der Waals surface area (Å²) >= 11 is 0. The van der Waals surface area contributed by atoms with Gasteiger partial charge < -0.3 is 4.52 Å². The molecular weight excluding hydrogens is 192 g/mol. The predicted molar refractivity (Wildman–Crippen MR) is 53.0 cm³/mol. The van der Waals surface area contributed by atoms with Crippen LogP contribution in [-0.2, 0) is 6.54 Å². The van der Waals surface area contributed by atoms with Crippen LogP contribution in [0.25, 0.3) is 0 Å². The molecule has 5 nitrogen and oxygen atoms in total. The number of nitrogens with zero attached hydrogens (tertiary/aromatic N) is 4. The van der Waals surface area contributed by atoms with Crippen LogP contribution in [0.5, 0.6) is 0 Å². The molecular formula is C10H12N4O. The molecule has 0 aromatic carbocycles. The van der Waals surface area contributed by atoms with Gasteiger partial charge in [-0.25, -0.2) is 0 Å². The third-order valence-corrected chi connectivity index (χ3v) is 2.71. The van der Waals surface area contributed by atoms with Crippen molar-refractivity contribution in [3.63, 3.8) is 0 Å². The van der Waals surface area contributed by atoms with Crippen LogP contribution in [0.3, 0.4) is 0 Å². The molecule has 0 saturated carbocycles. The highest BCUT2D eigenvalue weighted by atomic mass is 16.5. The molecule has 0 unspecified atom stereocenters. The summed E-state index contributed by atoms with van der Waals surface area (Å²) in [5, 5.41) is 7.91. The lowest BCUT2D eigenvalue weighted by Gasteiger charge is -2.38. The number of aromatic nitrogens is 3. The fourth-order valence-corrected chi connectivity index (χ4v) is 1.88. The van der Waals surface area contributed by atoms with Crippen molar-refractivity contribution in [1.29, 1.82) is 0 Å². The lowest BCUT2D eigenvalue weighted by Crippen LogP contribution is -2.47. The lowest BCUT2D eigenvalue weighted by molar-refractivity contribution is 0.0810. The van der Waals surface area contributed by atoms with E-state index >= 15 is 0 Å². The second-order valence-corrected chi connectivity index (χ2v) is 3.81. The topological polar surface area (TPSA) is 47.1 Å². The van der Waals surface area contributed by atoms with Gasteiger partial charge in [-0.05, 0) is 6.07 Å². The lowest BCUT2D eigenvalue weighted by atomic mass is 10.1. The van der Waals surface area contributed by atoms with Crippen molar-refractivity contribution in [3.8, 4) is 0 Å². The van der Waals surface area contributed by atoms with E-state index in [-0.39, 0.29) is 0 Å². The Kier molecular flexibility index (Phi) is 2.03. The van der Waals surface area contributed by atoms with E-state index in [4.69, 9.17) is 4.52 Å². The highest BCUT2D eigenvalue weighted by Gasteiger charge is 2.28. The van der Waals surface area contributed by atoms with Gasteiger partial charge in [-0.2, -0.15) is 5.10 Å². The van der Waals surface area contributed by atoms with Crippen molar-refractivity contribution in [1.82, 2.24) is 19.8 Å². The van der Waals surface area contributed by atoms with Crippen LogP contribution >= 0.6 is 0 Å². The van der Waals surface area contributed by atoms with Crippen LogP contribution in [0.2, 0.25) is 0 Å². The molecule has 1 saturated heterocycles. The Bertz CT molecular complexity index is 403. The van der Waals surface area contributed by atoms with Gasteiger partial charge in [0.2, 0.25) is 0 Å². The van der Waals surface area contributed by atoms with Gasteiger partial charge in [0.05, 0.1) is 18.8 Å². The monoisotopic (exact) mass is 204 g/mol. The fourth-order valence-electron chi connectivity index (χ4n) is 1.88. The summed E-state index contributed by atoms with van der Waals surface area (Å²) in [6.45, 7) is 2.91.